The number of nitrogens with zero attached hydrogens (tertiary/aromatic N) is 1. The second-order valence-corrected chi connectivity index (χ2v) is 7.35. The maximum atomic E-state index is 12.7. The minimum absolute atomic E-state index is 0.0360. The second-order valence-electron chi connectivity index (χ2n) is 6.51. The molecule has 21 heavy (non-hydrogen) atoms. The lowest BCUT2D eigenvalue weighted by Gasteiger charge is -2.32. The van der Waals surface area contributed by atoms with E-state index in [1.165, 1.54) is 12.3 Å². The van der Waals surface area contributed by atoms with Gasteiger partial charge >= 0.3 is 0 Å². The lowest BCUT2D eigenvalue weighted by Crippen LogP contribution is -2.44. The van der Waals surface area contributed by atoms with Crippen molar-refractivity contribution in [2.45, 2.75) is 33.1 Å². The number of aromatic nitrogens is 1. The Morgan fingerprint density at radius 1 is 1.43 bits per heavy atom. The molecular formula is C15H16Cl2N2O2. The van der Waals surface area contributed by atoms with E-state index >= 15 is 0 Å². The largest absolute Gasteiger partial charge is 0.309 e. The molecule has 1 aromatic rings. The van der Waals surface area contributed by atoms with E-state index in [0.29, 0.717) is 17.9 Å². The summed E-state index contributed by atoms with van der Waals surface area (Å²) < 4.78 is 0. The van der Waals surface area contributed by atoms with Crippen molar-refractivity contribution in [1.82, 2.24) is 4.98 Å². The van der Waals surface area contributed by atoms with Crippen LogP contribution in [0.2, 0.25) is 10.0 Å². The topological polar surface area (TPSA) is 59.1 Å². The molecule has 0 aromatic carbocycles. The maximum Gasteiger partial charge on any atom is 0.239 e. The van der Waals surface area contributed by atoms with E-state index in [9.17, 15) is 9.59 Å². The van der Waals surface area contributed by atoms with E-state index in [2.05, 4.69) is 10.3 Å². The number of pyridine rings is 1. The van der Waals surface area contributed by atoms with E-state index in [1.54, 1.807) is 0 Å². The molecule has 2 fully saturated rings. The highest BCUT2D eigenvalue weighted by Gasteiger charge is 2.65. The first-order valence-corrected chi connectivity index (χ1v) is 7.70. The van der Waals surface area contributed by atoms with Gasteiger partial charge in [0.2, 0.25) is 5.91 Å². The van der Waals surface area contributed by atoms with Gasteiger partial charge in [-0.1, -0.05) is 37.0 Å². The third-order valence-corrected chi connectivity index (χ3v) is 5.52. The number of rotatable bonds is 2. The fraction of sp³-hybridized carbons (Fsp3) is 0.533. The quantitative estimate of drug-likeness (QED) is 0.842. The highest BCUT2D eigenvalue weighted by atomic mass is 35.5. The zero-order valence-electron chi connectivity index (χ0n) is 11.9. The molecule has 6 heteroatoms. The molecule has 2 atom stereocenters. The molecule has 2 bridgehead atoms. The predicted octanol–water partition coefficient (Wildman–Crippen LogP) is 3.72. The van der Waals surface area contributed by atoms with Gasteiger partial charge in [-0.05, 0) is 31.2 Å². The average molecular weight is 327 g/mol. The smallest absolute Gasteiger partial charge is 0.239 e. The van der Waals surface area contributed by atoms with Crippen LogP contribution in [0, 0.1) is 16.7 Å². The first kappa shape index (κ1) is 14.8. The molecule has 4 nitrogen and oxygen atoms in total. The van der Waals surface area contributed by atoms with Crippen molar-refractivity contribution in [2.24, 2.45) is 16.7 Å². The summed E-state index contributed by atoms with van der Waals surface area (Å²) >= 11 is 11.8. The van der Waals surface area contributed by atoms with E-state index in [4.69, 9.17) is 23.2 Å². The van der Waals surface area contributed by atoms with Crippen LogP contribution in [0.4, 0.5) is 5.82 Å². The summed E-state index contributed by atoms with van der Waals surface area (Å²) in [6.45, 7) is 3.86. The number of halogens is 2. The number of ketones is 1. The van der Waals surface area contributed by atoms with Crippen LogP contribution in [0.5, 0.6) is 0 Å². The maximum absolute atomic E-state index is 12.7. The average Bonchev–Trinajstić information content (AvgIpc) is 2.93. The molecule has 112 valence electrons. The molecule has 3 rings (SSSR count). The Bertz CT molecular complexity index is 645. The van der Waals surface area contributed by atoms with Crippen LogP contribution in [0.1, 0.15) is 33.1 Å². The zero-order valence-corrected chi connectivity index (χ0v) is 13.4. The summed E-state index contributed by atoms with van der Waals surface area (Å²) in [4.78, 5) is 29.3. The molecule has 0 unspecified atom stereocenters. The summed E-state index contributed by atoms with van der Waals surface area (Å²) in [5.74, 6) is 0.275. The van der Waals surface area contributed by atoms with Gasteiger partial charge in [-0.15, -0.1) is 0 Å². The van der Waals surface area contributed by atoms with Gasteiger partial charge in [0.05, 0.1) is 10.0 Å². The van der Waals surface area contributed by atoms with Crippen molar-refractivity contribution in [3.05, 3.63) is 22.3 Å². The minimum atomic E-state index is -0.918. The number of amides is 1. The summed E-state index contributed by atoms with van der Waals surface area (Å²) in [5.41, 5.74) is -1.34. The molecule has 2 aliphatic carbocycles. The van der Waals surface area contributed by atoms with Gasteiger partial charge in [0, 0.05) is 11.6 Å². The second kappa shape index (κ2) is 4.68. The van der Waals surface area contributed by atoms with Crippen LogP contribution < -0.4 is 5.32 Å². The number of anilines is 1. The Kier molecular flexibility index (Phi) is 3.30. The number of fused-ring (bicyclic) bond motifs is 2. The number of hydrogen-bond donors (Lipinski definition) is 1. The summed E-state index contributed by atoms with van der Waals surface area (Å²) in [5, 5.41) is 3.37. The van der Waals surface area contributed by atoms with Crippen molar-refractivity contribution in [3.8, 4) is 0 Å². The number of carbonyl (C=O) groups excluding carboxylic acids is 2. The van der Waals surface area contributed by atoms with Crippen LogP contribution in [-0.4, -0.2) is 16.7 Å². The van der Waals surface area contributed by atoms with Crippen molar-refractivity contribution in [1.29, 1.82) is 0 Å². The molecule has 1 N–H and O–H groups in total. The third-order valence-electron chi connectivity index (χ3n) is 5.03. The highest BCUT2D eigenvalue weighted by molar-refractivity contribution is 6.36. The molecule has 0 spiro atoms. The Morgan fingerprint density at radius 3 is 2.71 bits per heavy atom. The van der Waals surface area contributed by atoms with E-state index in [-0.39, 0.29) is 28.4 Å². The Hall–Kier alpha value is -1.13. The molecule has 0 saturated heterocycles. The fourth-order valence-corrected chi connectivity index (χ4v) is 4.14. The zero-order chi connectivity index (χ0) is 15.4. The van der Waals surface area contributed by atoms with Crippen molar-refractivity contribution in [3.63, 3.8) is 0 Å². The van der Waals surface area contributed by atoms with Gasteiger partial charge in [0.1, 0.15) is 5.41 Å². The summed E-state index contributed by atoms with van der Waals surface area (Å²) in [6.07, 6.45) is 3.55. The SMILES string of the molecule is CC1(C)C(=O)[C@]2(C(=O)Nc3ncc(Cl)cc3Cl)CC[C@H]1C2. The van der Waals surface area contributed by atoms with E-state index in [1.807, 2.05) is 13.8 Å². The molecule has 0 radical (unpaired) electrons. The minimum Gasteiger partial charge on any atom is -0.309 e. The van der Waals surface area contributed by atoms with Gasteiger partial charge in [-0.3, -0.25) is 9.59 Å². The number of Topliss-reactive ketones (excluding diaryl/α,β-unsaturated/α-hetero) is 1. The Morgan fingerprint density at radius 2 is 2.14 bits per heavy atom. The lowest BCUT2D eigenvalue weighted by molar-refractivity contribution is -0.142. The van der Waals surface area contributed by atoms with Gasteiger partial charge in [0.25, 0.3) is 0 Å². The van der Waals surface area contributed by atoms with Crippen LogP contribution in [-0.2, 0) is 9.59 Å². The van der Waals surface area contributed by atoms with Gasteiger partial charge in [-0.2, -0.15) is 0 Å². The number of nitrogens with one attached hydrogen (secondary N) is 1. The van der Waals surface area contributed by atoms with E-state index < -0.39 is 10.8 Å². The summed E-state index contributed by atoms with van der Waals surface area (Å²) in [7, 11) is 0. The van der Waals surface area contributed by atoms with Gasteiger partial charge in [-0.25, -0.2) is 4.98 Å². The molecule has 1 amide bonds. The van der Waals surface area contributed by atoms with Gasteiger partial charge in [0.15, 0.2) is 11.6 Å². The summed E-state index contributed by atoms with van der Waals surface area (Å²) in [6, 6.07) is 1.52. The molecular weight excluding hydrogens is 311 g/mol. The lowest BCUT2D eigenvalue weighted by atomic mass is 9.70. The van der Waals surface area contributed by atoms with Crippen LogP contribution in [0.25, 0.3) is 0 Å². The van der Waals surface area contributed by atoms with Gasteiger partial charge < -0.3 is 5.32 Å². The Balaban J connectivity index is 1.88. The van der Waals surface area contributed by atoms with Crippen molar-refractivity contribution in [2.75, 3.05) is 5.32 Å². The first-order chi connectivity index (χ1) is 9.77. The van der Waals surface area contributed by atoms with E-state index in [0.717, 1.165) is 6.42 Å². The van der Waals surface area contributed by atoms with Crippen molar-refractivity contribution < 1.29 is 9.59 Å². The fourth-order valence-electron chi connectivity index (χ4n) is 3.71. The highest BCUT2D eigenvalue weighted by Crippen LogP contribution is 2.60. The molecule has 2 aliphatic rings. The van der Waals surface area contributed by atoms with Crippen LogP contribution in [0.3, 0.4) is 0 Å². The standard InChI is InChI=1S/C15H16Cl2N2O2/c1-14(2)8-3-4-15(6-8,12(14)20)13(21)19-11-10(17)5-9(16)7-18-11/h5,7-8H,3-4,6H2,1-2H3,(H,18,19,21)/t8-,15-/m0/s1. The third kappa shape index (κ3) is 2.08. The molecule has 2 saturated carbocycles. The van der Waals surface area contributed by atoms with Crippen LogP contribution in [0.15, 0.2) is 12.3 Å². The van der Waals surface area contributed by atoms with Crippen molar-refractivity contribution >= 4 is 40.7 Å². The predicted molar refractivity (Wildman–Crippen MR) is 81.4 cm³/mol. The molecule has 1 aromatic heterocycles. The first-order valence-electron chi connectivity index (χ1n) is 6.95. The number of hydrogen-bond acceptors (Lipinski definition) is 3. The molecule has 1 heterocycles. The van der Waals surface area contributed by atoms with Crippen LogP contribution >= 0.6 is 23.2 Å². The normalized spacial score (nSPS) is 29.7. The number of carbonyl (C=O) groups is 2. The Labute approximate surface area is 133 Å². The monoisotopic (exact) mass is 326 g/mol. The molecule has 0 aliphatic heterocycles.